The van der Waals surface area contributed by atoms with Gasteiger partial charge in [0, 0.05) is 19.1 Å². The van der Waals surface area contributed by atoms with E-state index in [1.807, 2.05) is 6.92 Å². The van der Waals surface area contributed by atoms with E-state index in [1.165, 1.54) is 0 Å². The summed E-state index contributed by atoms with van der Waals surface area (Å²) in [6.45, 7) is 6.36. The van der Waals surface area contributed by atoms with E-state index in [1.54, 1.807) is 6.92 Å². The Bertz CT molecular complexity index is 182. The number of ketones is 1. The molecule has 0 aromatic rings. The Hall–Kier alpha value is -0.450. The Balaban J connectivity index is 2.51. The molecule has 0 radical (unpaired) electrons. The maximum absolute atomic E-state index is 11.2. The lowest BCUT2D eigenvalue weighted by Gasteiger charge is -2.34. The Labute approximate surface area is 79.0 Å². The molecule has 1 fully saturated rings. The summed E-state index contributed by atoms with van der Waals surface area (Å²) in [5, 5.41) is 0. The summed E-state index contributed by atoms with van der Waals surface area (Å²) in [6, 6.07) is 0.0275. The second-order valence-corrected chi connectivity index (χ2v) is 3.67. The van der Waals surface area contributed by atoms with Gasteiger partial charge in [-0.15, -0.1) is 0 Å². The molecule has 4 heteroatoms. The van der Waals surface area contributed by atoms with Gasteiger partial charge < -0.3 is 10.5 Å². The van der Waals surface area contributed by atoms with Gasteiger partial charge in [-0.05, 0) is 13.8 Å². The number of carbonyl (C=O) groups is 1. The fraction of sp³-hybridized carbons (Fsp3) is 0.889. The molecule has 2 unspecified atom stereocenters. The van der Waals surface area contributed by atoms with Crippen molar-refractivity contribution in [2.45, 2.75) is 25.9 Å². The third-order valence-electron chi connectivity index (χ3n) is 2.23. The van der Waals surface area contributed by atoms with E-state index >= 15 is 0 Å². The molecule has 1 heterocycles. The van der Waals surface area contributed by atoms with E-state index in [2.05, 4.69) is 4.90 Å². The first-order chi connectivity index (χ1) is 6.11. The summed E-state index contributed by atoms with van der Waals surface area (Å²) in [5.74, 6) is 0.167. The van der Waals surface area contributed by atoms with E-state index in [0.717, 1.165) is 13.1 Å². The van der Waals surface area contributed by atoms with Crippen LogP contribution in [0.4, 0.5) is 0 Å². The van der Waals surface area contributed by atoms with Gasteiger partial charge in [-0.25, -0.2) is 0 Å². The largest absolute Gasteiger partial charge is 0.378 e. The molecule has 0 aromatic carbocycles. The molecule has 2 atom stereocenters. The molecule has 0 amide bonds. The van der Waals surface area contributed by atoms with Crippen LogP contribution in [0.25, 0.3) is 0 Å². The van der Waals surface area contributed by atoms with Gasteiger partial charge in [0.15, 0.2) is 0 Å². The van der Waals surface area contributed by atoms with Crippen molar-refractivity contribution >= 4 is 5.78 Å². The van der Waals surface area contributed by atoms with Crippen LogP contribution in [0.2, 0.25) is 0 Å². The summed E-state index contributed by atoms with van der Waals surface area (Å²) in [6.07, 6.45) is 0. The number of carbonyl (C=O) groups excluding carboxylic acids is 1. The molecule has 1 saturated heterocycles. The molecular formula is C9H18N2O2. The predicted octanol–water partition coefficient (Wildman–Crippen LogP) is -0.377. The minimum atomic E-state index is -0.0836. The summed E-state index contributed by atoms with van der Waals surface area (Å²) in [4.78, 5) is 13.3. The lowest BCUT2D eigenvalue weighted by molar-refractivity contribution is -0.128. The minimum Gasteiger partial charge on any atom is -0.378 e. The molecule has 0 saturated carbocycles. The summed E-state index contributed by atoms with van der Waals surface area (Å²) in [5.41, 5.74) is 5.69. The van der Waals surface area contributed by atoms with Crippen LogP contribution in [-0.2, 0) is 9.53 Å². The van der Waals surface area contributed by atoms with Gasteiger partial charge in [0.05, 0.1) is 19.3 Å². The van der Waals surface area contributed by atoms with Gasteiger partial charge in [0.1, 0.15) is 5.78 Å². The van der Waals surface area contributed by atoms with Crippen LogP contribution in [0.15, 0.2) is 0 Å². The highest BCUT2D eigenvalue weighted by Crippen LogP contribution is 2.07. The number of nitrogens with zero attached hydrogens (tertiary/aromatic N) is 1. The lowest BCUT2D eigenvalue weighted by Crippen LogP contribution is -2.52. The zero-order chi connectivity index (χ0) is 9.84. The summed E-state index contributed by atoms with van der Waals surface area (Å²) >= 11 is 0. The minimum absolute atomic E-state index is 0.0836. The maximum Gasteiger partial charge on any atom is 0.149 e. The SMILES string of the molecule is CC(=O)C1COCCN1CC(C)N. The Morgan fingerprint density at radius 3 is 3.00 bits per heavy atom. The number of ether oxygens (including phenoxy) is 1. The average Bonchev–Trinajstić information content (AvgIpc) is 2.03. The van der Waals surface area contributed by atoms with Crippen molar-refractivity contribution in [1.29, 1.82) is 0 Å². The lowest BCUT2D eigenvalue weighted by atomic mass is 10.1. The second-order valence-electron chi connectivity index (χ2n) is 3.67. The van der Waals surface area contributed by atoms with Crippen LogP contribution < -0.4 is 5.73 Å². The standard InChI is InChI=1S/C9H18N2O2/c1-7(10)5-11-3-4-13-6-9(11)8(2)12/h7,9H,3-6,10H2,1-2H3. The van der Waals surface area contributed by atoms with Crippen molar-refractivity contribution < 1.29 is 9.53 Å². The monoisotopic (exact) mass is 186 g/mol. The van der Waals surface area contributed by atoms with Crippen molar-refractivity contribution in [3.8, 4) is 0 Å². The molecular weight excluding hydrogens is 168 g/mol. The second kappa shape index (κ2) is 4.69. The van der Waals surface area contributed by atoms with Gasteiger partial charge >= 0.3 is 0 Å². The molecule has 13 heavy (non-hydrogen) atoms. The van der Waals surface area contributed by atoms with Crippen LogP contribution in [0, 0.1) is 0 Å². The molecule has 0 bridgehead atoms. The predicted molar refractivity (Wildman–Crippen MR) is 50.5 cm³/mol. The van der Waals surface area contributed by atoms with E-state index in [-0.39, 0.29) is 17.9 Å². The number of hydrogen-bond acceptors (Lipinski definition) is 4. The summed E-state index contributed by atoms with van der Waals surface area (Å²) < 4.78 is 5.25. The number of morpholine rings is 1. The van der Waals surface area contributed by atoms with Gasteiger partial charge in [-0.3, -0.25) is 9.69 Å². The van der Waals surface area contributed by atoms with E-state index < -0.39 is 0 Å². The average molecular weight is 186 g/mol. The van der Waals surface area contributed by atoms with Crippen LogP contribution in [0.1, 0.15) is 13.8 Å². The van der Waals surface area contributed by atoms with Crippen molar-refractivity contribution in [2.75, 3.05) is 26.3 Å². The molecule has 2 N–H and O–H groups in total. The van der Waals surface area contributed by atoms with Gasteiger partial charge in [0.2, 0.25) is 0 Å². The number of nitrogens with two attached hydrogens (primary N) is 1. The Kier molecular flexibility index (Phi) is 3.84. The zero-order valence-electron chi connectivity index (χ0n) is 8.32. The number of Topliss-reactive ketones (excluding diaryl/α,β-unsaturated/α-hetero) is 1. The van der Waals surface area contributed by atoms with E-state index in [0.29, 0.717) is 13.2 Å². The Morgan fingerprint density at radius 2 is 2.46 bits per heavy atom. The van der Waals surface area contributed by atoms with Crippen LogP contribution in [0.5, 0.6) is 0 Å². The molecule has 76 valence electrons. The molecule has 1 aliphatic rings. The maximum atomic E-state index is 11.2. The highest BCUT2D eigenvalue weighted by Gasteiger charge is 2.26. The fourth-order valence-electron chi connectivity index (χ4n) is 1.60. The normalized spacial score (nSPS) is 27.2. The molecule has 0 aliphatic carbocycles. The van der Waals surface area contributed by atoms with Crippen molar-refractivity contribution in [3.63, 3.8) is 0 Å². The topological polar surface area (TPSA) is 55.6 Å². The molecule has 0 aromatic heterocycles. The van der Waals surface area contributed by atoms with Crippen molar-refractivity contribution in [1.82, 2.24) is 4.90 Å². The first-order valence-corrected chi connectivity index (χ1v) is 4.69. The highest BCUT2D eigenvalue weighted by atomic mass is 16.5. The molecule has 1 rings (SSSR count). The van der Waals surface area contributed by atoms with Crippen molar-refractivity contribution in [2.24, 2.45) is 5.73 Å². The molecule has 1 aliphatic heterocycles. The van der Waals surface area contributed by atoms with Gasteiger partial charge in [-0.2, -0.15) is 0 Å². The van der Waals surface area contributed by atoms with Crippen LogP contribution in [0.3, 0.4) is 0 Å². The van der Waals surface area contributed by atoms with Crippen LogP contribution in [-0.4, -0.2) is 49.1 Å². The smallest absolute Gasteiger partial charge is 0.149 e. The summed E-state index contributed by atoms with van der Waals surface area (Å²) in [7, 11) is 0. The molecule has 4 nitrogen and oxygen atoms in total. The van der Waals surface area contributed by atoms with Gasteiger partial charge in [-0.1, -0.05) is 0 Å². The quantitative estimate of drug-likeness (QED) is 0.653. The third kappa shape index (κ3) is 3.06. The number of rotatable bonds is 3. The first-order valence-electron chi connectivity index (χ1n) is 4.69. The van der Waals surface area contributed by atoms with Crippen molar-refractivity contribution in [3.05, 3.63) is 0 Å². The molecule has 0 spiro atoms. The van der Waals surface area contributed by atoms with Gasteiger partial charge in [0.25, 0.3) is 0 Å². The number of hydrogen-bond donors (Lipinski definition) is 1. The van der Waals surface area contributed by atoms with E-state index in [9.17, 15) is 4.79 Å². The highest BCUT2D eigenvalue weighted by molar-refractivity contribution is 5.81. The fourth-order valence-corrected chi connectivity index (χ4v) is 1.60. The zero-order valence-corrected chi connectivity index (χ0v) is 8.32. The van der Waals surface area contributed by atoms with Crippen LogP contribution >= 0.6 is 0 Å². The third-order valence-corrected chi connectivity index (χ3v) is 2.23. The Morgan fingerprint density at radius 1 is 1.77 bits per heavy atom. The first kappa shape index (κ1) is 10.6. The van der Waals surface area contributed by atoms with E-state index in [4.69, 9.17) is 10.5 Å².